The number of hydrogen-bond acceptors (Lipinski definition) is 4. The summed E-state index contributed by atoms with van der Waals surface area (Å²) in [5.74, 6) is 0.391. The van der Waals surface area contributed by atoms with Crippen molar-refractivity contribution in [1.82, 2.24) is 5.43 Å². The van der Waals surface area contributed by atoms with Crippen LogP contribution in [0.1, 0.15) is 15.9 Å². The number of methoxy groups -OCH3 is 1. The molecule has 0 aliphatic rings. The van der Waals surface area contributed by atoms with Gasteiger partial charge in [0.25, 0.3) is 5.91 Å². The number of carbonyl (C=O) groups is 1. The van der Waals surface area contributed by atoms with Crippen LogP contribution in [0.2, 0.25) is 0 Å². The van der Waals surface area contributed by atoms with Gasteiger partial charge in [-0.05, 0) is 58.5 Å². The van der Waals surface area contributed by atoms with Gasteiger partial charge in [-0.2, -0.15) is 5.10 Å². The van der Waals surface area contributed by atoms with Crippen LogP contribution >= 0.6 is 22.6 Å². The molecule has 0 fully saturated rings. The fourth-order valence-electron chi connectivity index (χ4n) is 1.89. The van der Waals surface area contributed by atoms with Gasteiger partial charge in [0.15, 0.2) is 0 Å². The third kappa shape index (κ3) is 4.69. The van der Waals surface area contributed by atoms with Crippen LogP contribution < -0.4 is 15.1 Å². The summed E-state index contributed by atoms with van der Waals surface area (Å²) in [6, 6.07) is 13.1. The molecular weight excluding hydrogens is 405 g/mol. The largest absolute Gasteiger partial charge is 0.496 e. The maximum Gasteiger partial charge on any atom is 0.271 e. The van der Waals surface area contributed by atoms with E-state index in [4.69, 9.17) is 4.74 Å². The summed E-state index contributed by atoms with van der Waals surface area (Å²) in [7, 11) is 5.55. The van der Waals surface area contributed by atoms with Crippen molar-refractivity contribution in [3.63, 3.8) is 0 Å². The van der Waals surface area contributed by atoms with Crippen molar-refractivity contribution in [1.29, 1.82) is 0 Å². The van der Waals surface area contributed by atoms with Crippen LogP contribution in [-0.4, -0.2) is 33.3 Å². The molecule has 0 heterocycles. The van der Waals surface area contributed by atoms with E-state index in [1.165, 1.54) is 0 Å². The second kappa shape index (κ2) is 7.96. The van der Waals surface area contributed by atoms with Crippen molar-refractivity contribution in [2.45, 2.75) is 0 Å². The van der Waals surface area contributed by atoms with E-state index in [1.807, 2.05) is 49.3 Å². The van der Waals surface area contributed by atoms with Gasteiger partial charge in [-0.3, -0.25) is 4.79 Å². The molecule has 0 spiro atoms. The number of hydrogen-bond donors (Lipinski definition) is 1. The quantitative estimate of drug-likeness (QED) is 0.457. The first kappa shape index (κ1) is 17.3. The minimum Gasteiger partial charge on any atom is -0.496 e. The first-order valence-electron chi connectivity index (χ1n) is 6.95. The second-order valence-corrected chi connectivity index (χ2v) is 6.20. The van der Waals surface area contributed by atoms with E-state index in [2.05, 4.69) is 33.1 Å². The van der Waals surface area contributed by atoms with Crippen LogP contribution in [-0.2, 0) is 0 Å². The second-order valence-electron chi connectivity index (χ2n) is 5.03. The van der Waals surface area contributed by atoms with Gasteiger partial charge in [0.05, 0.1) is 16.9 Å². The minimum atomic E-state index is -0.277. The molecule has 1 amide bonds. The number of amides is 1. The Morgan fingerprint density at radius 3 is 2.52 bits per heavy atom. The number of nitrogens with zero attached hydrogens (tertiary/aromatic N) is 2. The van der Waals surface area contributed by atoms with Crippen LogP contribution in [0.4, 0.5) is 5.69 Å². The van der Waals surface area contributed by atoms with Gasteiger partial charge in [-0.15, -0.1) is 0 Å². The highest BCUT2D eigenvalue weighted by Gasteiger charge is 2.08. The highest BCUT2D eigenvalue weighted by Crippen LogP contribution is 2.21. The summed E-state index contributed by atoms with van der Waals surface area (Å²) < 4.78 is 6.16. The first-order chi connectivity index (χ1) is 11.0. The molecule has 120 valence electrons. The average molecular weight is 423 g/mol. The van der Waals surface area contributed by atoms with Crippen LogP contribution in [0.3, 0.4) is 0 Å². The Kier molecular flexibility index (Phi) is 5.97. The maximum atomic E-state index is 12.1. The Bertz CT molecular complexity index is 712. The average Bonchev–Trinajstić information content (AvgIpc) is 2.55. The summed E-state index contributed by atoms with van der Waals surface area (Å²) in [4.78, 5) is 14.1. The van der Waals surface area contributed by atoms with Crippen molar-refractivity contribution in [2.75, 3.05) is 26.1 Å². The van der Waals surface area contributed by atoms with Crippen LogP contribution in [0.15, 0.2) is 47.6 Å². The number of benzene rings is 2. The summed E-state index contributed by atoms with van der Waals surface area (Å²) in [6.45, 7) is 0. The molecule has 1 N–H and O–H groups in total. The number of hydrazone groups is 1. The monoisotopic (exact) mass is 423 g/mol. The molecule has 0 saturated carbocycles. The van der Waals surface area contributed by atoms with E-state index in [1.54, 1.807) is 25.5 Å². The molecule has 2 rings (SSSR count). The highest BCUT2D eigenvalue weighted by atomic mass is 127. The Labute approximate surface area is 149 Å². The van der Waals surface area contributed by atoms with Crippen LogP contribution in [0.5, 0.6) is 5.75 Å². The molecule has 23 heavy (non-hydrogen) atoms. The molecule has 0 radical (unpaired) electrons. The highest BCUT2D eigenvalue weighted by molar-refractivity contribution is 14.1. The number of halogens is 1. The first-order valence-corrected chi connectivity index (χ1v) is 8.03. The van der Waals surface area contributed by atoms with Crippen LogP contribution in [0.25, 0.3) is 0 Å². The van der Waals surface area contributed by atoms with Crippen molar-refractivity contribution >= 4 is 40.4 Å². The Hall–Kier alpha value is -2.09. The number of carbonyl (C=O) groups excluding carboxylic acids is 1. The molecule has 6 heteroatoms. The molecule has 0 bridgehead atoms. The zero-order chi connectivity index (χ0) is 16.8. The third-order valence-corrected chi connectivity index (χ3v) is 4.09. The van der Waals surface area contributed by atoms with Gasteiger partial charge in [-0.25, -0.2) is 5.43 Å². The molecule has 0 aliphatic carbocycles. The van der Waals surface area contributed by atoms with E-state index >= 15 is 0 Å². The molecule has 0 unspecified atom stereocenters. The van der Waals surface area contributed by atoms with Crippen molar-refractivity contribution < 1.29 is 9.53 Å². The van der Waals surface area contributed by atoms with Crippen molar-refractivity contribution in [3.8, 4) is 5.75 Å². The Morgan fingerprint density at radius 2 is 1.91 bits per heavy atom. The molecule has 0 aliphatic heterocycles. The molecular formula is C17H18IN3O2. The number of nitrogens with one attached hydrogen (secondary N) is 1. The summed E-state index contributed by atoms with van der Waals surface area (Å²) >= 11 is 2.15. The van der Waals surface area contributed by atoms with E-state index in [-0.39, 0.29) is 5.91 Å². The summed E-state index contributed by atoms with van der Waals surface area (Å²) in [6.07, 6.45) is 1.61. The lowest BCUT2D eigenvalue weighted by molar-refractivity contribution is 0.0955. The van der Waals surface area contributed by atoms with Gasteiger partial charge in [-0.1, -0.05) is 12.1 Å². The lowest BCUT2D eigenvalue weighted by Crippen LogP contribution is -2.17. The predicted octanol–water partition coefficient (Wildman–Crippen LogP) is 3.13. The fraction of sp³-hybridized carbons (Fsp3) is 0.176. The molecule has 5 nitrogen and oxygen atoms in total. The molecule has 0 aromatic heterocycles. The molecule has 0 saturated heterocycles. The molecule has 2 aromatic rings. The Balaban J connectivity index is 2.00. The van der Waals surface area contributed by atoms with Crippen molar-refractivity contribution in [3.05, 3.63) is 57.2 Å². The number of rotatable bonds is 5. The van der Waals surface area contributed by atoms with E-state index in [0.717, 1.165) is 14.8 Å². The predicted molar refractivity (Wildman–Crippen MR) is 102 cm³/mol. The topological polar surface area (TPSA) is 53.9 Å². The lowest BCUT2D eigenvalue weighted by atomic mass is 10.2. The van der Waals surface area contributed by atoms with Gasteiger partial charge in [0, 0.05) is 25.3 Å². The smallest absolute Gasteiger partial charge is 0.271 e. The van der Waals surface area contributed by atoms with Gasteiger partial charge in [0.1, 0.15) is 5.75 Å². The van der Waals surface area contributed by atoms with E-state index in [0.29, 0.717) is 11.3 Å². The summed E-state index contributed by atoms with van der Waals surface area (Å²) in [5.41, 5.74) is 5.04. The van der Waals surface area contributed by atoms with Crippen molar-refractivity contribution in [2.24, 2.45) is 5.10 Å². The van der Waals surface area contributed by atoms with E-state index in [9.17, 15) is 4.79 Å². The standard InChI is InChI=1S/C17H18IN3O2/c1-21(2)14-7-4-12(5-8-14)11-19-20-17(22)13-6-9-15(18)16(10-13)23-3/h4-11H,1-3H3,(H,20,22)/b19-11-. The molecule has 2 aromatic carbocycles. The zero-order valence-corrected chi connectivity index (χ0v) is 15.4. The van der Waals surface area contributed by atoms with Gasteiger partial charge >= 0.3 is 0 Å². The Morgan fingerprint density at radius 1 is 1.22 bits per heavy atom. The lowest BCUT2D eigenvalue weighted by Gasteiger charge is -2.11. The van der Waals surface area contributed by atoms with Gasteiger partial charge < -0.3 is 9.64 Å². The maximum absolute atomic E-state index is 12.1. The van der Waals surface area contributed by atoms with E-state index < -0.39 is 0 Å². The van der Waals surface area contributed by atoms with Crippen LogP contribution in [0, 0.1) is 3.57 Å². The number of anilines is 1. The summed E-state index contributed by atoms with van der Waals surface area (Å²) in [5, 5.41) is 3.99. The third-order valence-electron chi connectivity index (χ3n) is 3.20. The number of ether oxygens (including phenoxy) is 1. The zero-order valence-electron chi connectivity index (χ0n) is 13.2. The minimum absolute atomic E-state index is 0.277. The SMILES string of the molecule is COc1cc(C(=O)N/N=C\c2ccc(N(C)C)cc2)ccc1I. The normalized spacial score (nSPS) is 10.6. The van der Waals surface area contributed by atoms with Gasteiger partial charge in [0.2, 0.25) is 0 Å². The fourth-order valence-corrected chi connectivity index (χ4v) is 2.45. The molecule has 0 atom stereocenters.